The number of phenolic OH excluding ortho intramolecular Hbond substituents is 1. The third kappa shape index (κ3) is 6.14. The first kappa shape index (κ1) is 32.4. The highest BCUT2D eigenvalue weighted by Crippen LogP contribution is 2.53. The van der Waals surface area contributed by atoms with Crippen LogP contribution in [-0.2, 0) is 4.74 Å². The van der Waals surface area contributed by atoms with E-state index in [0.29, 0.717) is 30.6 Å². The van der Waals surface area contributed by atoms with Crippen LogP contribution < -0.4 is 4.90 Å². The molecule has 1 aromatic carbocycles. The lowest BCUT2D eigenvalue weighted by atomic mass is 9.84. The first-order chi connectivity index (χ1) is 20.4. The monoisotopic (exact) mass is 732 g/mol. The largest absolute Gasteiger partial charge is 0.508 e. The molecular weight excluding hydrogens is 690 g/mol. The van der Waals surface area contributed by atoms with Crippen molar-refractivity contribution in [3.8, 4) is 28.1 Å². The van der Waals surface area contributed by atoms with E-state index in [-0.39, 0.29) is 13.3 Å². The maximum Gasteiger partial charge on any atom is 0.189 e. The van der Waals surface area contributed by atoms with Crippen LogP contribution in [0.4, 0.5) is 5.82 Å². The van der Waals surface area contributed by atoms with E-state index in [4.69, 9.17) is 24.8 Å². The van der Waals surface area contributed by atoms with Crippen molar-refractivity contribution in [2.75, 3.05) is 37.5 Å². The molecule has 1 saturated heterocycles. The van der Waals surface area contributed by atoms with Gasteiger partial charge in [-0.25, -0.2) is 14.4 Å². The first-order valence-corrected chi connectivity index (χ1v) is 20.0. The molecule has 230 valence electrons. The maximum absolute atomic E-state index is 11.4. The van der Waals surface area contributed by atoms with E-state index in [0.717, 1.165) is 94.5 Å². The van der Waals surface area contributed by atoms with Crippen LogP contribution in [0.25, 0.3) is 33.3 Å². The first-order valence-electron chi connectivity index (χ1n) is 14.7. The molecule has 2 aliphatic rings. The zero-order chi connectivity index (χ0) is 29.5. The number of thioether (sulfide) groups is 1. The quantitative estimate of drug-likeness (QED) is 0.0835. The topological polar surface area (TPSA) is 89.2 Å². The number of hydrogen-bond donors (Lipinski definition) is 1. The van der Waals surface area contributed by atoms with Crippen molar-refractivity contribution < 1.29 is 9.84 Å². The van der Waals surface area contributed by atoms with Crippen LogP contribution in [-0.4, -0.2) is 62.2 Å². The zero-order valence-corrected chi connectivity index (χ0v) is 28.8. The molecule has 0 spiro atoms. The summed E-state index contributed by atoms with van der Waals surface area (Å²) in [6.45, 7) is 11.9. The highest BCUT2D eigenvalue weighted by atomic mass is 127. The number of benzene rings is 1. The van der Waals surface area contributed by atoms with Crippen LogP contribution in [0.15, 0.2) is 29.7 Å². The Kier molecular flexibility index (Phi) is 10.2. The summed E-state index contributed by atoms with van der Waals surface area (Å²) in [4.78, 5) is 17.6. The standard InChI is InChI=1S/C31H38IN6O2PS.CH4/c1-6-18(3)25-21(26-19(4)35-31(42-5)36-30(26)37-11-12-40-16-17(2)15-37)9-10-33-29(25)28-22-14-34-38(41-32)23(22)13-24(39)27(28)20-7-8-20;/h9-10,13-14,17-18,20,39,41H,6-8,11-12,15-16H2,1-5H3;1H4. The number of rotatable bonds is 8. The van der Waals surface area contributed by atoms with Crippen molar-refractivity contribution in [1.82, 2.24) is 24.5 Å². The second-order valence-corrected chi connectivity index (χ2v) is 14.4. The van der Waals surface area contributed by atoms with Gasteiger partial charge in [-0.05, 0) is 89.4 Å². The number of aromatic nitrogens is 5. The predicted octanol–water partition coefficient (Wildman–Crippen LogP) is 8.58. The van der Waals surface area contributed by atoms with Gasteiger partial charge in [0.05, 0.1) is 42.7 Å². The van der Waals surface area contributed by atoms with Crippen LogP contribution in [0.1, 0.15) is 76.1 Å². The van der Waals surface area contributed by atoms with Crippen LogP contribution >= 0.6 is 40.2 Å². The summed E-state index contributed by atoms with van der Waals surface area (Å²) in [5, 5.41) is 18.0. The number of hydrogen-bond acceptors (Lipinski definition) is 8. The molecule has 4 heterocycles. The molecule has 43 heavy (non-hydrogen) atoms. The van der Waals surface area contributed by atoms with Gasteiger partial charge in [0.2, 0.25) is 0 Å². The smallest absolute Gasteiger partial charge is 0.189 e. The molecule has 1 aliphatic carbocycles. The molecule has 0 amide bonds. The molecule has 0 radical (unpaired) electrons. The fourth-order valence-corrected chi connectivity index (χ4v) is 8.15. The number of aromatic hydroxyl groups is 1. The molecule has 3 aromatic heterocycles. The Labute approximate surface area is 274 Å². The Morgan fingerprint density at radius 3 is 2.74 bits per heavy atom. The molecule has 1 N–H and O–H groups in total. The van der Waals surface area contributed by atoms with Gasteiger partial charge in [-0.3, -0.25) is 4.98 Å². The normalized spacial score (nSPS) is 18.3. The van der Waals surface area contributed by atoms with Crippen LogP contribution in [0.2, 0.25) is 0 Å². The van der Waals surface area contributed by atoms with Gasteiger partial charge in [0.15, 0.2) is 5.16 Å². The lowest BCUT2D eigenvalue weighted by Gasteiger charge is -2.28. The summed E-state index contributed by atoms with van der Waals surface area (Å²) in [5.74, 6) is 2.26. The number of ether oxygens (including phenoxy) is 1. The Morgan fingerprint density at radius 1 is 1.26 bits per heavy atom. The number of pyridine rings is 1. The van der Waals surface area contributed by atoms with E-state index in [1.165, 1.54) is 5.56 Å². The predicted molar refractivity (Wildman–Crippen MR) is 190 cm³/mol. The molecule has 1 saturated carbocycles. The lowest BCUT2D eigenvalue weighted by molar-refractivity contribution is 0.129. The summed E-state index contributed by atoms with van der Waals surface area (Å²) in [6, 6.07) is 4.04. The number of aryl methyl sites for hydroxylation is 1. The fraction of sp³-hybridized carbons (Fsp3) is 0.500. The summed E-state index contributed by atoms with van der Waals surface area (Å²) in [7, 11) is 0. The average molecular weight is 733 g/mol. The maximum atomic E-state index is 11.4. The Balaban J connectivity index is 0.00000368. The van der Waals surface area contributed by atoms with Gasteiger partial charge in [-0.2, -0.15) is 5.10 Å². The van der Waals surface area contributed by atoms with Gasteiger partial charge < -0.3 is 14.7 Å². The molecule has 0 bridgehead atoms. The third-order valence-corrected chi connectivity index (χ3v) is 11.0. The van der Waals surface area contributed by atoms with Crippen LogP contribution in [0, 0.1) is 12.8 Å². The second-order valence-electron chi connectivity index (χ2n) is 11.6. The van der Waals surface area contributed by atoms with E-state index in [1.807, 2.05) is 29.2 Å². The molecule has 1 aliphatic heterocycles. The van der Waals surface area contributed by atoms with Crippen molar-refractivity contribution in [1.29, 1.82) is 0 Å². The molecule has 3 unspecified atom stereocenters. The zero-order valence-electron chi connectivity index (χ0n) is 24.8. The molecule has 3 atom stereocenters. The van der Waals surface area contributed by atoms with Crippen molar-refractivity contribution in [3.63, 3.8) is 0 Å². The SMILES string of the molecule is C.CCC(C)c1c(-c2c(C)nc(SC)nc2N2CCOCC(C)C2)ccnc1-c1c(C2CC2)c(O)cc2c1cnn2PI. The van der Waals surface area contributed by atoms with Gasteiger partial charge in [0.1, 0.15) is 11.6 Å². The molecule has 8 nitrogen and oxygen atoms in total. The number of phenols is 1. The van der Waals surface area contributed by atoms with Gasteiger partial charge in [-0.1, -0.05) is 40.0 Å². The van der Waals surface area contributed by atoms with Crippen LogP contribution in [0.3, 0.4) is 0 Å². The number of anilines is 1. The van der Waals surface area contributed by atoms with Gasteiger partial charge in [0.25, 0.3) is 0 Å². The minimum absolute atomic E-state index is 0. The summed E-state index contributed by atoms with van der Waals surface area (Å²) < 4.78 is 7.89. The van der Waals surface area contributed by atoms with Crippen molar-refractivity contribution in [2.24, 2.45) is 5.92 Å². The van der Waals surface area contributed by atoms with Crippen molar-refractivity contribution in [2.45, 2.75) is 71.4 Å². The average Bonchev–Trinajstić information content (AvgIpc) is 3.79. The second kappa shape index (κ2) is 13.5. The third-order valence-electron chi connectivity index (χ3n) is 8.53. The Hall–Kier alpha value is -2.01. The van der Waals surface area contributed by atoms with E-state index in [9.17, 15) is 5.11 Å². The van der Waals surface area contributed by atoms with Gasteiger partial charge >= 0.3 is 0 Å². The van der Waals surface area contributed by atoms with Gasteiger partial charge in [-0.15, -0.1) is 0 Å². The fourth-order valence-electron chi connectivity index (χ4n) is 6.21. The van der Waals surface area contributed by atoms with E-state index in [1.54, 1.807) is 11.8 Å². The highest BCUT2D eigenvalue weighted by Gasteiger charge is 2.34. The van der Waals surface area contributed by atoms with Crippen molar-refractivity contribution >= 4 is 56.9 Å². The van der Waals surface area contributed by atoms with E-state index < -0.39 is 0 Å². The molecule has 4 aromatic rings. The minimum atomic E-state index is 0. The highest BCUT2D eigenvalue weighted by molar-refractivity contribution is 14.2. The minimum Gasteiger partial charge on any atom is -0.508 e. The van der Waals surface area contributed by atoms with Gasteiger partial charge in [0, 0.05) is 47.4 Å². The molecule has 2 fully saturated rings. The Morgan fingerprint density at radius 2 is 2.05 bits per heavy atom. The molecule has 6 rings (SSSR count). The summed E-state index contributed by atoms with van der Waals surface area (Å²) in [5.41, 5.74) is 8.26. The molecule has 11 heteroatoms. The summed E-state index contributed by atoms with van der Waals surface area (Å²) in [6.07, 6.45) is 9.46. The van der Waals surface area contributed by atoms with E-state index >= 15 is 0 Å². The lowest BCUT2D eigenvalue weighted by Crippen LogP contribution is -2.31. The van der Waals surface area contributed by atoms with Crippen LogP contribution in [0.5, 0.6) is 5.75 Å². The number of nitrogens with zero attached hydrogens (tertiary/aromatic N) is 6. The summed E-state index contributed by atoms with van der Waals surface area (Å²) >= 11 is 3.92. The van der Waals surface area contributed by atoms with Crippen molar-refractivity contribution in [3.05, 3.63) is 41.3 Å². The number of fused-ring (bicyclic) bond motifs is 1. The van der Waals surface area contributed by atoms with E-state index in [2.05, 4.69) is 60.7 Å². The number of halogens is 1. The Bertz CT molecular complexity index is 1630. The molecular formula is C32H42IN6O2PS.